The van der Waals surface area contributed by atoms with Crippen LogP contribution in [0.5, 0.6) is 0 Å². The number of phosphoric ester groups is 1. The number of aromatic amines is 1. The summed E-state index contributed by atoms with van der Waals surface area (Å²) in [5.74, 6) is -1.31. The van der Waals surface area contributed by atoms with Gasteiger partial charge in [0, 0.05) is 23.1 Å². The van der Waals surface area contributed by atoms with Crippen molar-refractivity contribution in [3.63, 3.8) is 0 Å². The van der Waals surface area contributed by atoms with Crippen molar-refractivity contribution in [2.75, 3.05) is 20.2 Å². The number of carbonyl (C=O) groups excluding carboxylic acids is 2. The summed E-state index contributed by atoms with van der Waals surface area (Å²) in [6.07, 6.45) is -0.646. The van der Waals surface area contributed by atoms with Gasteiger partial charge in [0.1, 0.15) is 6.23 Å². The van der Waals surface area contributed by atoms with Gasteiger partial charge in [-0.3, -0.25) is 28.5 Å². The van der Waals surface area contributed by atoms with E-state index in [0.717, 1.165) is 4.57 Å². The van der Waals surface area contributed by atoms with Crippen molar-refractivity contribution in [2.24, 2.45) is 15.9 Å². The van der Waals surface area contributed by atoms with E-state index in [-0.39, 0.29) is 12.0 Å². The number of phosphoric acid groups is 1. The zero-order valence-corrected chi connectivity index (χ0v) is 23.8. The molecular formula is C22H34N5O11P. The van der Waals surface area contributed by atoms with Crippen molar-refractivity contribution in [1.29, 1.82) is 0 Å². The van der Waals surface area contributed by atoms with Crippen LogP contribution in [0.15, 0.2) is 20.9 Å². The second-order valence-corrected chi connectivity index (χ2v) is 12.4. The number of aryl methyl sites for hydroxylation is 1. The number of esters is 2. The molecule has 2 heterocycles. The molecule has 1 saturated heterocycles. The first kappa shape index (κ1) is 32.2. The molecule has 1 aliphatic rings. The summed E-state index contributed by atoms with van der Waals surface area (Å²) in [6.45, 7) is 8.99. The maximum absolute atomic E-state index is 13.3. The topological polar surface area (TPSA) is 210 Å². The van der Waals surface area contributed by atoms with Gasteiger partial charge in [-0.15, -0.1) is 0 Å². The molecular weight excluding hydrogens is 541 g/mol. The molecule has 1 aromatic heterocycles. The van der Waals surface area contributed by atoms with Gasteiger partial charge in [-0.05, 0) is 54.0 Å². The first-order valence-corrected chi connectivity index (χ1v) is 13.3. The van der Waals surface area contributed by atoms with Crippen LogP contribution < -0.4 is 11.2 Å². The minimum absolute atomic E-state index is 0.0296. The zero-order chi connectivity index (χ0) is 29.6. The van der Waals surface area contributed by atoms with Crippen LogP contribution in [0, 0.1) is 17.8 Å². The molecule has 1 aromatic rings. The predicted molar refractivity (Wildman–Crippen MR) is 134 cm³/mol. The molecule has 0 aliphatic carbocycles. The van der Waals surface area contributed by atoms with E-state index < -0.39 is 80.4 Å². The van der Waals surface area contributed by atoms with E-state index in [1.54, 1.807) is 41.5 Å². The summed E-state index contributed by atoms with van der Waals surface area (Å²) in [5, 5.41) is 3.65. The predicted octanol–water partition coefficient (Wildman–Crippen LogP) is 3.06. The maximum Gasteiger partial charge on any atom is 0.480 e. The molecule has 3 atom stereocenters. The lowest BCUT2D eigenvalue weighted by molar-refractivity contribution is -0.163. The molecule has 2 rings (SSSR count). The Bertz CT molecular complexity index is 1220. The van der Waals surface area contributed by atoms with Gasteiger partial charge in [-0.2, -0.15) is 0 Å². The quantitative estimate of drug-likeness (QED) is 0.101. The first-order chi connectivity index (χ1) is 18.0. The number of hydrogen-bond acceptors (Lipinski definition) is 12. The summed E-state index contributed by atoms with van der Waals surface area (Å²) in [7, 11) is -4.54. The maximum atomic E-state index is 13.3. The highest BCUT2D eigenvalue weighted by Gasteiger charge is 2.39. The minimum Gasteiger partial charge on any atom is -0.437 e. The molecule has 0 spiro atoms. The molecule has 218 valence electrons. The molecule has 1 N–H and O–H groups in total. The SMILES string of the molecule is Cc1cn([C@H]2C[C@H](N=[N+]=[N-])[C@@H](COP(=O)(OCOC(=O)C(C)(C)C)OCOC(=O)C(C)(C)C)O2)c(=O)[nH]c1=O. The fourth-order valence-electron chi connectivity index (χ4n) is 3.02. The van der Waals surface area contributed by atoms with Crippen LogP contribution in [0.1, 0.15) is 59.8 Å². The molecule has 1 fully saturated rings. The second kappa shape index (κ2) is 12.9. The highest BCUT2D eigenvalue weighted by molar-refractivity contribution is 7.48. The van der Waals surface area contributed by atoms with E-state index in [9.17, 15) is 23.7 Å². The van der Waals surface area contributed by atoms with Crippen molar-refractivity contribution in [2.45, 2.75) is 73.3 Å². The number of nitrogens with one attached hydrogen (secondary N) is 1. The van der Waals surface area contributed by atoms with E-state index in [1.807, 2.05) is 0 Å². The second-order valence-electron chi connectivity index (χ2n) is 10.7. The Morgan fingerprint density at radius 2 is 1.64 bits per heavy atom. The standard InChI is InChI=1S/C22H34N5O11P/c1-13-9-27(20(31)24-17(13)28)16-8-14(25-26-23)15(38-16)10-35-39(32,36-11-33-18(29)21(2,3)4)37-12-34-19(30)22(5,6)7/h9,14-16H,8,10-12H2,1-7H3,(H,24,28,31)/t14-,15+,16+/m0/s1. The highest BCUT2D eigenvalue weighted by atomic mass is 31.2. The smallest absolute Gasteiger partial charge is 0.437 e. The summed E-state index contributed by atoms with van der Waals surface area (Å²) < 4.78 is 45.7. The van der Waals surface area contributed by atoms with Crippen LogP contribution in [-0.4, -0.2) is 53.8 Å². The van der Waals surface area contributed by atoms with Crippen molar-refractivity contribution in [3.8, 4) is 0 Å². The molecule has 0 saturated carbocycles. The van der Waals surface area contributed by atoms with Crippen LogP contribution in [0.2, 0.25) is 0 Å². The van der Waals surface area contributed by atoms with Crippen molar-refractivity contribution >= 4 is 19.8 Å². The summed E-state index contributed by atoms with van der Waals surface area (Å²) >= 11 is 0. The molecule has 0 aromatic carbocycles. The lowest BCUT2D eigenvalue weighted by Crippen LogP contribution is -2.33. The zero-order valence-electron chi connectivity index (χ0n) is 22.9. The molecule has 1 aliphatic heterocycles. The van der Waals surface area contributed by atoms with Crippen LogP contribution in [-0.2, 0) is 41.9 Å². The van der Waals surface area contributed by atoms with E-state index in [1.165, 1.54) is 13.1 Å². The van der Waals surface area contributed by atoms with Crippen molar-refractivity contribution in [1.82, 2.24) is 9.55 Å². The molecule has 17 heteroatoms. The molecule has 39 heavy (non-hydrogen) atoms. The summed E-state index contributed by atoms with van der Waals surface area (Å²) in [5.41, 5.74) is 6.19. The van der Waals surface area contributed by atoms with Crippen LogP contribution in [0.3, 0.4) is 0 Å². The van der Waals surface area contributed by atoms with E-state index in [2.05, 4.69) is 15.0 Å². The van der Waals surface area contributed by atoms with Gasteiger partial charge in [0.25, 0.3) is 5.56 Å². The molecule has 0 bridgehead atoms. The third-order valence-corrected chi connectivity index (χ3v) is 6.59. The van der Waals surface area contributed by atoms with Gasteiger partial charge in [-0.25, -0.2) is 18.4 Å². The fourth-order valence-corrected chi connectivity index (χ4v) is 3.94. The van der Waals surface area contributed by atoms with Gasteiger partial charge in [-0.1, -0.05) is 5.11 Å². The monoisotopic (exact) mass is 575 g/mol. The fraction of sp³-hybridized carbons (Fsp3) is 0.727. The number of azide groups is 1. The Hall–Kier alpha value is -3.00. The number of H-pyrrole nitrogens is 1. The Morgan fingerprint density at radius 3 is 2.13 bits per heavy atom. The van der Waals surface area contributed by atoms with Crippen LogP contribution in [0.25, 0.3) is 10.4 Å². The number of nitrogens with zero attached hydrogens (tertiary/aromatic N) is 4. The Labute approximate surface area is 224 Å². The van der Waals surface area contributed by atoms with Crippen molar-refractivity contribution < 1.29 is 41.9 Å². The first-order valence-electron chi connectivity index (χ1n) is 11.9. The van der Waals surface area contributed by atoms with Gasteiger partial charge in [0.05, 0.1) is 29.6 Å². The normalized spacial score (nSPS) is 19.8. The number of carbonyl (C=O) groups is 2. The summed E-state index contributed by atoms with van der Waals surface area (Å²) in [6, 6.07) is -0.870. The Morgan fingerprint density at radius 1 is 1.10 bits per heavy atom. The van der Waals surface area contributed by atoms with E-state index in [0.29, 0.717) is 0 Å². The number of hydrogen-bond donors (Lipinski definition) is 1. The van der Waals surface area contributed by atoms with Gasteiger partial charge in [0.15, 0.2) is 0 Å². The molecule has 0 unspecified atom stereocenters. The number of ether oxygens (including phenoxy) is 3. The summed E-state index contributed by atoms with van der Waals surface area (Å²) in [4.78, 5) is 53.0. The molecule has 0 amide bonds. The lowest BCUT2D eigenvalue weighted by Gasteiger charge is -2.23. The van der Waals surface area contributed by atoms with Gasteiger partial charge in [0.2, 0.25) is 13.6 Å². The van der Waals surface area contributed by atoms with Gasteiger partial charge >= 0.3 is 25.5 Å². The third kappa shape index (κ3) is 9.31. The van der Waals surface area contributed by atoms with E-state index >= 15 is 0 Å². The van der Waals surface area contributed by atoms with Crippen LogP contribution >= 0.6 is 7.82 Å². The van der Waals surface area contributed by atoms with E-state index in [4.69, 9.17) is 33.3 Å². The molecule has 0 radical (unpaired) electrons. The number of aromatic nitrogens is 2. The number of rotatable bonds is 11. The highest BCUT2D eigenvalue weighted by Crippen LogP contribution is 2.50. The lowest BCUT2D eigenvalue weighted by atomic mass is 9.98. The average Bonchev–Trinajstić information content (AvgIpc) is 3.21. The average molecular weight is 576 g/mol. The molecule has 16 nitrogen and oxygen atoms in total. The third-order valence-electron chi connectivity index (χ3n) is 5.28. The van der Waals surface area contributed by atoms with Crippen molar-refractivity contribution in [3.05, 3.63) is 43.0 Å². The Balaban J connectivity index is 2.16. The van der Waals surface area contributed by atoms with Gasteiger partial charge < -0.3 is 14.2 Å². The largest absolute Gasteiger partial charge is 0.480 e. The minimum atomic E-state index is -4.54. The van der Waals surface area contributed by atoms with Crippen LogP contribution in [0.4, 0.5) is 0 Å². The Kier molecular flexibility index (Phi) is 10.7.